The van der Waals surface area contributed by atoms with Crippen LogP contribution in [0.4, 0.5) is 0 Å². The highest BCUT2D eigenvalue weighted by Gasteiger charge is 2.15. The fourth-order valence-corrected chi connectivity index (χ4v) is 1.43. The lowest BCUT2D eigenvalue weighted by Crippen LogP contribution is -2.32. The van der Waals surface area contributed by atoms with Gasteiger partial charge in [-0.1, -0.05) is 11.6 Å². The van der Waals surface area contributed by atoms with Crippen molar-refractivity contribution in [3.8, 4) is 5.75 Å². The third-order valence-corrected chi connectivity index (χ3v) is 2.43. The summed E-state index contributed by atoms with van der Waals surface area (Å²) in [5.74, 6) is -0.829. The number of nitrogens with two attached hydrogens (primary N) is 1. The van der Waals surface area contributed by atoms with Crippen LogP contribution in [0.3, 0.4) is 0 Å². The molecule has 0 aliphatic heterocycles. The van der Waals surface area contributed by atoms with Gasteiger partial charge in [0, 0.05) is 5.02 Å². The summed E-state index contributed by atoms with van der Waals surface area (Å²) >= 11 is 5.78. The van der Waals surface area contributed by atoms with E-state index in [1.807, 2.05) is 0 Å². The topological polar surface area (TPSA) is 78.6 Å². The fourth-order valence-electron chi connectivity index (χ4n) is 1.20. The minimum Gasteiger partial charge on any atom is -0.482 e. The Morgan fingerprint density at radius 1 is 1.44 bits per heavy atom. The number of aryl methyl sites for hydroxylation is 1. The van der Waals surface area contributed by atoms with Crippen LogP contribution in [0.2, 0.25) is 5.02 Å². The van der Waals surface area contributed by atoms with Crippen molar-refractivity contribution in [3.63, 3.8) is 0 Å². The molecule has 18 heavy (non-hydrogen) atoms. The standard InChI is InChI=1S/C12H14ClNO4/c1-7-5-9(13)3-4-10(7)17-6-11(15)18-8(2)12(14)16/h3-5,8H,6H2,1-2H3,(H2,14,16)/t8-/m0/s1. The van der Waals surface area contributed by atoms with E-state index in [9.17, 15) is 9.59 Å². The summed E-state index contributed by atoms with van der Waals surface area (Å²) in [6, 6.07) is 5.03. The molecular formula is C12H14ClNO4. The molecule has 98 valence electrons. The van der Waals surface area contributed by atoms with E-state index in [1.165, 1.54) is 6.92 Å². The highest BCUT2D eigenvalue weighted by atomic mass is 35.5. The van der Waals surface area contributed by atoms with E-state index >= 15 is 0 Å². The van der Waals surface area contributed by atoms with Gasteiger partial charge < -0.3 is 15.2 Å². The Hall–Kier alpha value is -1.75. The third-order valence-electron chi connectivity index (χ3n) is 2.19. The van der Waals surface area contributed by atoms with Gasteiger partial charge in [-0.15, -0.1) is 0 Å². The zero-order valence-electron chi connectivity index (χ0n) is 10.1. The Labute approximate surface area is 110 Å². The minimum atomic E-state index is -0.965. The molecule has 0 aromatic heterocycles. The quantitative estimate of drug-likeness (QED) is 0.822. The van der Waals surface area contributed by atoms with Gasteiger partial charge in [-0.3, -0.25) is 4.79 Å². The zero-order chi connectivity index (χ0) is 13.7. The van der Waals surface area contributed by atoms with Crippen molar-refractivity contribution < 1.29 is 19.1 Å². The molecule has 1 aromatic rings. The summed E-state index contributed by atoms with van der Waals surface area (Å²) < 4.78 is 9.98. The van der Waals surface area contributed by atoms with Crippen LogP contribution in [0.15, 0.2) is 18.2 Å². The van der Waals surface area contributed by atoms with Crippen molar-refractivity contribution in [1.82, 2.24) is 0 Å². The van der Waals surface area contributed by atoms with Crippen LogP contribution < -0.4 is 10.5 Å². The molecule has 6 heteroatoms. The van der Waals surface area contributed by atoms with Gasteiger partial charge in [0.1, 0.15) is 5.75 Å². The Morgan fingerprint density at radius 2 is 2.11 bits per heavy atom. The van der Waals surface area contributed by atoms with Crippen LogP contribution in [0.25, 0.3) is 0 Å². The maximum absolute atomic E-state index is 11.3. The Bertz CT molecular complexity index is 461. The zero-order valence-corrected chi connectivity index (χ0v) is 10.9. The lowest BCUT2D eigenvalue weighted by atomic mass is 10.2. The van der Waals surface area contributed by atoms with Crippen molar-refractivity contribution in [3.05, 3.63) is 28.8 Å². The van der Waals surface area contributed by atoms with Crippen molar-refractivity contribution >= 4 is 23.5 Å². The number of ether oxygens (including phenoxy) is 2. The molecule has 1 amide bonds. The number of amides is 1. The number of hydrogen-bond donors (Lipinski definition) is 1. The molecular weight excluding hydrogens is 258 g/mol. The van der Waals surface area contributed by atoms with Crippen LogP contribution in [0.1, 0.15) is 12.5 Å². The summed E-state index contributed by atoms with van der Waals surface area (Å²) in [7, 11) is 0. The molecule has 0 unspecified atom stereocenters. The first-order chi connectivity index (χ1) is 8.40. The number of carbonyl (C=O) groups is 2. The maximum Gasteiger partial charge on any atom is 0.344 e. The Morgan fingerprint density at radius 3 is 2.67 bits per heavy atom. The maximum atomic E-state index is 11.3. The molecule has 1 rings (SSSR count). The second-order valence-corrected chi connectivity index (χ2v) is 4.17. The number of hydrogen-bond acceptors (Lipinski definition) is 4. The van der Waals surface area contributed by atoms with Gasteiger partial charge in [0.2, 0.25) is 0 Å². The van der Waals surface area contributed by atoms with Crippen molar-refractivity contribution in [2.75, 3.05) is 6.61 Å². The van der Waals surface area contributed by atoms with Crippen molar-refractivity contribution in [2.45, 2.75) is 20.0 Å². The number of halogens is 1. The first-order valence-electron chi connectivity index (χ1n) is 5.28. The van der Waals surface area contributed by atoms with Gasteiger partial charge in [-0.25, -0.2) is 4.79 Å². The van der Waals surface area contributed by atoms with E-state index in [0.29, 0.717) is 10.8 Å². The van der Waals surface area contributed by atoms with E-state index in [2.05, 4.69) is 0 Å². The molecule has 2 N–H and O–H groups in total. The molecule has 1 aromatic carbocycles. The van der Waals surface area contributed by atoms with Gasteiger partial charge in [0.25, 0.3) is 5.91 Å². The monoisotopic (exact) mass is 271 g/mol. The molecule has 1 atom stereocenters. The molecule has 0 heterocycles. The first kappa shape index (κ1) is 14.3. The van der Waals surface area contributed by atoms with E-state index in [0.717, 1.165) is 5.56 Å². The van der Waals surface area contributed by atoms with Gasteiger partial charge in [0.15, 0.2) is 12.7 Å². The van der Waals surface area contributed by atoms with Gasteiger partial charge in [-0.2, -0.15) is 0 Å². The molecule has 5 nitrogen and oxygen atoms in total. The van der Waals surface area contributed by atoms with Crippen molar-refractivity contribution in [2.24, 2.45) is 5.73 Å². The van der Waals surface area contributed by atoms with E-state index < -0.39 is 18.0 Å². The Kier molecular flexibility index (Phi) is 4.97. The number of esters is 1. The molecule has 0 aliphatic rings. The summed E-state index contributed by atoms with van der Waals surface area (Å²) in [5, 5.41) is 0.588. The van der Waals surface area contributed by atoms with Crippen LogP contribution in [-0.4, -0.2) is 24.6 Å². The molecule has 0 aliphatic carbocycles. The van der Waals surface area contributed by atoms with Gasteiger partial charge >= 0.3 is 5.97 Å². The largest absolute Gasteiger partial charge is 0.482 e. The molecule has 0 saturated heterocycles. The smallest absolute Gasteiger partial charge is 0.344 e. The third kappa shape index (κ3) is 4.25. The predicted octanol–water partition coefficient (Wildman–Crippen LogP) is 1.44. The molecule has 0 fully saturated rings. The number of primary amides is 1. The average Bonchev–Trinajstić information content (AvgIpc) is 2.27. The van der Waals surface area contributed by atoms with Crippen LogP contribution in [-0.2, 0) is 14.3 Å². The number of carbonyl (C=O) groups excluding carboxylic acids is 2. The summed E-state index contributed by atoms with van der Waals surface area (Å²) in [6.07, 6.45) is -0.965. The molecule has 0 saturated carbocycles. The minimum absolute atomic E-state index is 0.292. The number of benzene rings is 1. The fraction of sp³-hybridized carbons (Fsp3) is 0.333. The van der Waals surface area contributed by atoms with Crippen LogP contribution in [0.5, 0.6) is 5.75 Å². The SMILES string of the molecule is Cc1cc(Cl)ccc1OCC(=O)O[C@@H](C)C(N)=O. The Balaban J connectivity index is 2.50. The average molecular weight is 272 g/mol. The second-order valence-electron chi connectivity index (χ2n) is 3.73. The first-order valence-corrected chi connectivity index (χ1v) is 5.65. The summed E-state index contributed by atoms with van der Waals surface area (Å²) in [5.41, 5.74) is 5.76. The van der Waals surface area contributed by atoms with Crippen LogP contribution >= 0.6 is 11.6 Å². The van der Waals surface area contributed by atoms with E-state index in [-0.39, 0.29) is 6.61 Å². The summed E-state index contributed by atoms with van der Waals surface area (Å²) in [4.78, 5) is 22.0. The highest BCUT2D eigenvalue weighted by molar-refractivity contribution is 6.30. The van der Waals surface area contributed by atoms with Crippen LogP contribution in [0, 0.1) is 6.92 Å². The normalized spacial score (nSPS) is 11.7. The van der Waals surface area contributed by atoms with Crippen molar-refractivity contribution in [1.29, 1.82) is 0 Å². The predicted molar refractivity (Wildman–Crippen MR) is 66.4 cm³/mol. The van der Waals surface area contributed by atoms with E-state index in [1.54, 1.807) is 25.1 Å². The van der Waals surface area contributed by atoms with E-state index in [4.69, 9.17) is 26.8 Å². The molecule has 0 bridgehead atoms. The van der Waals surface area contributed by atoms with Gasteiger partial charge in [-0.05, 0) is 37.6 Å². The van der Waals surface area contributed by atoms with Gasteiger partial charge in [0.05, 0.1) is 0 Å². The lowest BCUT2D eigenvalue weighted by molar-refractivity contribution is -0.155. The second kappa shape index (κ2) is 6.26. The summed E-state index contributed by atoms with van der Waals surface area (Å²) in [6.45, 7) is 2.91. The lowest BCUT2D eigenvalue weighted by Gasteiger charge is -2.11. The molecule has 0 spiro atoms. The highest BCUT2D eigenvalue weighted by Crippen LogP contribution is 2.21. The number of rotatable bonds is 5. The molecule has 0 radical (unpaired) electrons.